The molecule has 3 heteroatoms. The van der Waals surface area contributed by atoms with Gasteiger partial charge in [-0.1, -0.05) is 48.7 Å². The van der Waals surface area contributed by atoms with Crippen LogP contribution in [0, 0.1) is 10.8 Å². The molecule has 0 amide bonds. The quantitative estimate of drug-likeness (QED) is 0.587. The van der Waals surface area contributed by atoms with E-state index in [4.69, 9.17) is 16.3 Å². The molecule has 3 rings (SSSR count). The average molecular weight is 303 g/mol. The zero-order valence-electron chi connectivity index (χ0n) is 13.0. The van der Waals surface area contributed by atoms with Crippen LogP contribution in [0.1, 0.15) is 33.3 Å². The molecular weight excluding hydrogens is 284 g/mol. The van der Waals surface area contributed by atoms with Gasteiger partial charge >= 0.3 is 5.97 Å². The molecule has 0 aromatic heterocycles. The van der Waals surface area contributed by atoms with E-state index in [2.05, 4.69) is 27.7 Å². The van der Waals surface area contributed by atoms with Crippen LogP contribution in [0.15, 0.2) is 41.0 Å². The van der Waals surface area contributed by atoms with Crippen LogP contribution in [0.3, 0.4) is 0 Å². The Bertz CT molecular complexity index is 711. The van der Waals surface area contributed by atoms with Gasteiger partial charge < -0.3 is 4.74 Å². The summed E-state index contributed by atoms with van der Waals surface area (Å²) in [6.45, 7) is 8.62. The molecule has 0 heterocycles. The van der Waals surface area contributed by atoms with Crippen molar-refractivity contribution in [1.29, 1.82) is 0 Å². The van der Waals surface area contributed by atoms with Crippen molar-refractivity contribution in [3.8, 4) is 0 Å². The minimum atomic E-state index is -0.230. The van der Waals surface area contributed by atoms with Crippen LogP contribution in [-0.4, -0.2) is 13.1 Å². The number of esters is 1. The average Bonchev–Trinajstić information content (AvgIpc) is 2.49. The van der Waals surface area contributed by atoms with Gasteiger partial charge in [0.15, 0.2) is 0 Å². The van der Waals surface area contributed by atoms with Gasteiger partial charge in [0.2, 0.25) is 0 Å². The Morgan fingerprint density at radius 3 is 2.10 bits per heavy atom. The van der Waals surface area contributed by atoms with Crippen molar-refractivity contribution >= 4 is 23.1 Å². The van der Waals surface area contributed by atoms with Crippen LogP contribution < -0.4 is 0 Å². The molecule has 0 saturated heterocycles. The zero-order valence-corrected chi connectivity index (χ0v) is 13.8. The molecule has 2 atom stereocenters. The molecule has 21 heavy (non-hydrogen) atoms. The molecule has 2 nitrogen and oxygen atoms in total. The van der Waals surface area contributed by atoms with E-state index in [1.165, 1.54) is 18.3 Å². The van der Waals surface area contributed by atoms with E-state index in [1.54, 1.807) is 0 Å². The Morgan fingerprint density at radius 1 is 1.05 bits per heavy atom. The molecule has 0 fully saturated rings. The van der Waals surface area contributed by atoms with Crippen molar-refractivity contribution in [3.63, 3.8) is 0 Å². The maximum atomic E-state index is 12.3. The van der Waals surface area contributed by atoms with Crippen LogP contribution in [0.4, 0.5) is 0 Å². The summed E-state index contributed by atoms with van der Waals surface area (Å²) in [6.07, 6.45) is 0. The van der Waals surface area contributed by atoms with Crippen molar-refractivity contribution in [1.82, 2.24) is 0 Å². The summed E-state index contributed by atoms with van der Waals surface area (Å²) in [5.74, 6) is -0.230. The molecule has 2 unspecified atom stereocenters. The SMILES string of the molecule is COC(=O)C1=C(c2ccc(Cl)cc2)C2(C)C(C)=C(C)C12C. The Morgan fingerprint density at radius 2 is 1.57 bits per heavy atom. The third-order valence-corrected chi connectivity index (χ3v) is 6.09. The Kier molecular flexibility index (Phi) is 2.90. The van der Waals surface area contributed by atoms with Gasteiger partial charge in [0.1, 0.15) is 0 Å². The second-order valence-corrected chi connectivity index (χ2v) is 6.68. The predicted octanol–water partition coefficient (Wildman–Crippen LogP) is 4.64. The van der Waals surface area contributed by atoms with E-state index < -0.39 is 0 Å². The fourth-order valence-corrected chi connectivity index (χ4v) is 4.33. The van der Waals surface area contributed by atoms with Crippen molar-refractivity contribution < 1.29 is 9.53 Å². The normalized spacial score (nSPS) is 30.6. The highest BCUT2D eigenvalue weighted by atomic mass is 35.5. The molecular formula is C18H19ClO2. The third kappa shape index (κ3) is 1.41. The number of carbonyl (C=O) groups excluding carboxylic acids is 1. The van der Waals surface area contributed by atoms with Gasteiger partial charge in [0.25, 0.3) is 0 Å². The number of allylic oxidation sites excluding steroid dienone is 3. The minimum absolute atomic E-state index is 0.0889. The maximum absolute atomic E-state index is 12.3. The molecule has 1 aromatic carbocycles. The van der Waals surface area contributed by atoms with Gasteiger partial charge in [-0.05, 0) is 37.1 Å². The maximum Gasteiger partial charge on any atom is 0.335 e. The monoisotopic (exact) mass is 302 g/mol. The number of fused-ring (bicyclic) bond motifs is 1. The molecule has 0 N–H and O–H groups in total. The molecule has 0 radical (unpaired) electrons. The fraction of sp³-hybridized carbons (Fsp3) is 0.389. The van der Waals surface area contributed by atoms with Crippen molar-refractivity contribution in [2.45, 2.75) is 27.7 Å². The van der Waals surface area contributed by atoms with E-state index in [-0.39, 0.29) is 16.8 Å². The molecule has 0 saturated carbocycles. The molecule has 0 spiro atoms. The summed E-state index contributed by atoms with van der Waals surface area (Å²) >= 11 is 5.98. The Labute approximate surface area is 130 Å². The number of carbonyl (C=O) groups is 1. The van der Waals surface area contributed by atoms with Crippen molar-refractivity contribution in [2.24, 2.45) is 10.8 Å². The summed E-state index contributed by atoms with van der Waals surface area (Å²) in [5, 5.41) is 0.697. The standard InChI is InChI=1S/C18H19ClO2/c1-10-11(2)18(4)15(16(20)21-5)14(17(10,18)3)12-6-8-13(19)9-7-12/h6-9H,1-5H3. The van der Waals surface area contributed by atoms with E-state index in [0.717, 1.165) is 16.7 Å². The number of hydrogen-bond donors (Lipinski definition) is 0. The summed E-state index contributed by atoms with van der Waals surface area (Å²) < 4.78 is 5.03. The number of benzene rings is 1. The molecule has 1 aromatic rings. The first kappa shape index (κ1) is 14.4. The summed E-state index contributed by atoms with van der Waals surface area (Å²) in [6, 6.07) is 7.68. The van der Waals surface area contributed by atoms with E-state index >= 15 is 0 Å². The van der Waals surface area contributed by atoms with Crippen LogP contribution in [0.5, 0.6) is 0 Å². The first-order valence-electron chi connectivity index (χ1n) is 7.08. The first-order valence-corrected chi connectivity index (χ1v) is 7.45. The van der Waals surface area contributed by atoms with Gasteiger partial charge in [-0.2, -0.15) is 0 Å². The van der Waals surface area contributed by atoms with Gasteiger partial charge in [-0.15, -0.1) is 0 Å². The van der Waals surface area contributed by atoms with Gasteiger partial charge in [0.05, 0.1) is 12.7 Å². The fourth-order valence-electron chi connectivity index (χ4n) is 4.21. The smallest absolute Gasteiger partial charge is 0.335 e. The topological polar surface area (TPSA) is 26.3 Å². The Balaban J connectivity index is 2.23. The van der Waals surface area contributed by atoms with Crippen LogP contribution in [0.25, 0.3) is 5.57 Å². The van der Waals surface area contributed by atoms with Gasteiger partial charge in [-0.25, -0.2) is 4.79 Å². The number of methoxy groups -OCH3 is 1. The molecule has 0 bridgehead atoms. The van der Waals surface area contributed by atoms with E-state index in [1.807, 2.05) is 24.3 Å². The lowest BCUT2D eigenvalue weighted by Gasteiger charge is -2.67. The number of ether oxygens (including phenoxy) is 1. The lowest BCUT2D eigenvalue weighted by Crippen LogP contribution is -2.60. The van der Waals surface area contributed by atoms with Crippen LogP contribution >= 0.6 is 11.6 Å². The van der Waals surface area contributed by atoms with Gasteiger partial charge in [0, 0.05) is 15.9 Å². The summed E-state index contributed by atoms with van der Waals surface area (Å²) in [5.41, 5.74) is 5.25. The van der Waals surface area contributed by atoms with Crippen LogP contribution in [-0.2, 0) is 9.53 Å². The third-order valence-electron chi connectivity index (χ3n) is 5.83. The van der Waals surface area contributed by atoms with E-state index in [0.29, 0.717) is 5.02 Å². The zero-order chi connectivity index (χ0) is 15.6. The summed E-state index contributed by atoms with van der Waals surface area (Å²) in [7, 11) is 1.44. The second kappa shape index (κ2) is 4.23. The van der Waals surface area contributed by atoms with Crippen molar-refractivity contribution in [2.75, 3.05) is 7.11 Å². The summed E-state index contributed by atoms with van der Waals surface area (Å²) in [4.78, 5) is 12.3. The highest BCUT2D eigenvalue weighted by molar-refractivity contribution is 6.30. The Hall–Kier alpha value is -1.54. The number of hydrogen-bond acceptors (Lipinski definition) is 2. The lowest BCUT2D eigenvalue weighted by atomic mass is 9.35. The van der Waals surface area contributed by atoms with E-state index in [9.17, 15) is 4.79 Å². The van der Waals surface area contributed by atoms with Crippen molar-refractivity contribution in [3.05, 3.63) is 51.6 Å². The number of halogens is 1. The molecule has 0 aliphatic heterocycles. The second-order valence-electron chi connectivity index (χ2n) is 6.25. The van der Waals surface area contributed by atoms with Crippen LogP contribution in [0.2, 0.25) is 5.02 Å². The number of rotatable bonds is 2. The lowest BCUT2D eigenvalue weighted by molar-refractivity contribution is -0.138. The predicted molar refractivity (Wildman–Crippen MR) is 85.0 cm³/mol. The molecule has 2 aliphatic rings. The highest BCUT2D eigenvalue weighted by Gasteiger charge is 2.69. The molecule has 110 valence electrons. The molecule has 2 aliphatic carbocycles. The highest BCUT2D eigenvalue weighted by Crippen LogP contribution is 2.77. The minimum Gasteiger partial charge on any atom is -0.466 e. The van der Waals surface area contributed by atoms with Gasteiger partial charge in [-0.3, -0.25) is 0 Å². The first-order chi connectivity index (χ1) is 9.80. The largest absolute Gasteiger partial charge is 0.466 e.